The first-order chi connectivity index (χ1) is 9.42. The third-order valence-electron chi connectivity index (χ3n) is 2.77. The third kappa shape index (κ3) is 3.40. The Hall–Kier alpha value is -1.33. The molecule has 0 radical (unpaired) electrons. The van der Waals surface area contributed by atoms with Gasteiger partial charge in [-0.05, 0) is 17.5 Å². The number of hydrogen-bond donors (Lipinski definition) is 0. The van der Waals surface area contributed by atoms with Crippen LogP contribution in [0.1, 0.15) is 0 Å². The number of para-hydroxylation sites is 1. The Morgan fingerprint density at radius 3 is 2.70 bits per heavy atom. The molecule has 106 valence electrons. The summed E-state index contributed by atoms with van der Waals surface area (Å²) in [6.45, 7) is 11.2. The molecule has 5 heteroatoms. The SMILES string of the molecule is C=CCn1c(SC[Si](C)(C)C)nc2ccccc2c1=O. The van der Waals surface area contributed by atoms with Crippen LogP contribution in [0.5, 0.6) is 0 Å². The van der Waals surface area contributed by atoms with Gasteiger partial charge in [0, 0.05) is 6.54 Å². The summed E-state index contributed by atoms with van der Waals surface area (Å²) < 4.78 is 1.72. The van der Waals surface area contributed by atoms with Crippen molar-refractivity contribution in [2.24, 2.45) is 0 Å². The van der Waals surface area contributed by atoms with Gasteiger partial charge in [0.15, 0.2) is 5.16 Å². The maximum absolute atomic E-state index is 12.5. The Labute approximate surface area is 124 Å². The van der Waals surface area contributed by atoms with Crippen LogP contribution < -0.4 is 5.56 Å². The molecule has 0 N–H and O–H groups in total. The van der Waals surface area contributed by atoms with Crippen LogP contribution in [-0.4, -0.2) is 23.0 Å². The van der Waals surface area contributed by atoms with Crippen molar-refractivity contribution < 1.29 is 0 Å². The van der Waals surface area contributed by atoms with E-state index in [1.165, 1.54) is 0 Å². The zero-order valence-electron chi connectivity index (χ0n) is 12.2. The molecule has 1 aromatic carbocycles. The molecule has 0 saturated carbocycles. The number of hydrogen-bond acceptors (Lipinski definition) is 3. The molecule has 0 aliphatic rings. The number of allylic oxidation sites excluding steroid dienone is 1. The minimum Gasteiger partial charge on any atom is -0.283 e. The highest BCUT2D eigenvalue weighted by molar-refractivity contribution is 8.00. The molecular weight excluding hydrogens is 284 g/mol. The normalized spacial score (nSPS) is 11.8. The van der Waals surface area contributed by atoms with Gasteiger partial charge in [0.25, 0.3) is 5.56 Å². The summed E-state index contributed by atoms with van der Waals surface area (Å²) in [5, 5.41) is 2.53. The van der Waals surface area contributed by atoms with E-state index in [0.29, 0.717) is 11.9 Å². The van der Waals surface area contributed by atoms with E-state index in [0.717, 1.165) is 16.0 Å². The van der Waals surface area contributed by atoms with Crippen molar-refractivity contribution in [3.8, 4) is 0 Å². The number of benzene rings is 1. The molecule has 3 nitrogen and oxygen atoms in total. The highest BCUT2D eigenvalue weighted by Crippen LogP contribution is 2.21. The van der Waals surface area contributed by atoms with Crippen LogP contribution in [0.2, 0.25) is 19.6 Å². The van der Waals surface area contributed by atoms with Crippen LogP contribution in [0.25, 0.3) is 10.9 Å². The number of fused-ring (bicyclic) bond motifs is 1. The molecule has 2 rings (SSSR count). The van der Waals surface area contributed by atoms with Crippen LogP contribution in [0, 0.1) is 0 Å². The average molecular weight is 304 g/mol. The second-order valence-corrected chi connectivity index (χ2v) is 12.9. The Kier molecular flexibility index (Phi) is 4.50. The molecule has 0 fully saturated rings. The van der Waals surface area contributed by atoms with Gasteiger partial charge in [-0.3, -0.25) is 9.36 Å². The summed E-state index contributed by atoms with van der Waals surface area (Å²) in [6, 6.07) is 7.52. The summed E-state index contributed by atoms with van der Waals surface area (Å²) in [6.07, 6.45) is 1.75. The summed E-state index contributed by atoms with van der Waals surface area (Å²) >= 11 is 1.69. The van der Waals surface area contributed by atoms with E-state index in [1.54, 1.807) is 22.4 Å². The van der Waals surface area contributed by atoms with Gasteiger partial charge in [0.2, 0.25) is 0 Å². The molecule has 1 heterocycles. The first kappa shape index (κ1) is 15.1. The van der Waals surface area contributed by atoms with Crippen LogP contribution in [0.3, 0.4) is 0 Å². The lowest BCUT2D eigenvalue weighted by molar-refractivity contribution is 0.672. The van der Waals surface area contributed by atoms with E-state index < -0.39 is 8.07 Å². The molecule has 0 bridgehead atoms. The molecule has 0 aliphatic carbocycles. The fourth-order valence-electron chi connectivity index (χ4n) is 1.83. The Morgan fingerprint density at radius 2 is 2.05 bits per heavy atom. The highest BCUT2D eigenvalue weighted by Gasteiger charge is 2.17. The van der Waals surface area contributed by atoms with Gasteiger partial charge in [-0.15, -0.1) is 6.58 Å². The summed E-state index contributed by atoms with van der Waals surface area (Å²) in [4.78, 5) is 17.2. The van der Waals surface area contributed by atoms with Crippen molar-refractivity contribution in [1.82, 2.24) is 9.55 Å². The molecule has 0 atom stereocenters. The monoisotopic (exact) mass is 304 g/mol. The molecule has 1 aromatic heterocycles. The quantitative estimate of drug-likeness (QED) is 0.367. The minimum absolute atomic E-state index is 0.0218. The molecule has 2 aromatic rings. The molecule has 0 aliphatic heterocycles. The summed E-state index contributed by atoms with van der Waals surface area (Å²) in [7, 11) is -1.19. The van der Waals surface area contributed by atoms with Crippen molar-refractivity contribution in [2.75, 3.05) is 5.38 Å². The van der Waals surface area contributed by atoms with Gasteiger partial charge < -0.3 is 0 Å². The van der Waals surface area contributed by atoms with E-state index in [4.69, 9.17) is 0 Å². The van der Waals surface area contributed by atoms with Crippen LogP contribution in [0.15, 0.2) is 46.9 Å². The molecule has 0 saturated heterocycles. The Bertz CT molecular complexity index is 688. The molecule has 0 amide bonds. The minimum atomic E-state index is -1.19. The van der Waals surface area contributed by atoms with Crippen molar-refractivity contribution in [1.29, 1.82) is 0 Å². The number of rotatable bonds is 5. The number of aromatic nitrogens is 2. The molecule has 0 unspecified atom stereocenters. The van der Waals surface area contributed by atoms with Crippen molar-refractivity contribution in [3.05, 3.63) is 47.3 Å². The van der Waals surface area contributed by atoms with Crippen molar-refractivity contribution in [3.63, 3.8) is 0 Å². The zero-order valence-corrected chi connectivity index (χ0v) is 14.0. The first-order valence-electron chi connectivity index (χ1n) is 6.65. The average Bonchev–Trinajstić information content (AvgIpc) is 2.39. The van der Waals surface area contributed by atoms with Crippen LogP contribution >= 0.6 is 11.8 Å². The van der Waals surface area contributed by atoms with Gasteiger partial charge in [-0.2, -0.15) is 0 Å². The summed E-state index contributed by atoms with van der Waals surface area (Å²) in [5.41, 5.74) is 0.796. The van der Waals surface area contributed by atoms with E-state index in [2.05, 4.69) is 31.2 Å². The predicted molar refractivity (Wildman–Crippen MR) is 90.3 cm³/mol. The second kappa shape index (κ2) is 5.97. The Morgan fingerprint density at radius 1 is 1.35 bits per heavy atom. The van der Waals surface area contributed by atoms with Crippen molar-refractivity contribution in [2.45, 2.75) is 31.3 Å². The number of thioether (sulfide) groups is 1. The Balaban J connectivity index is 2.53. The van der Waals surface area contributed by atoms with E-state index in [9.17, 15) is 4.79 Å². The largest absolute Gasteiger partial charge is 0.283 e. The standard InChI is InChI=1S/C15H20N2OSSi/c1-5-10-17-14(18)12-8-6-7-9-13(12)16-15(17)19-11-20(2,3)4/h5-9H,1,10-11H2,2-4H3. The fourth-order valence-corrected chi connectivity index (χ4v) is 4.55. The zero-order chi connectivity index (χ0) is 14.8. The van der Waals surface area contributed by atoms with Gasteiger partial charge >= 0.3 is 0 Å². The molecular formula is C15H20N2OSSi. The maximum atomic E-state index is 12.5. The molecule has 20 heavy (non-hydrogen) atoms. The van der Waals surface area contributed by atoms with Crippen LogP contribution in [-0.2, 0) is 6.54 Å². The van der Waals surface area contributed by atoms with E-state index in [1.807, 2.05) is 24.3 Å². The van der Waals surface area contributed by atoms with Crippen molar-refractivity contribution >= 4 is 30.7 Å². The fraction of sp³-hybridized carbons (Fsp3) is 0.333. The highest BCUT2D eigenvalue weighted by atomic mass is 32.2. The van der Waals surface area contributed by atoms with Crippen LogP contribution in [0.4, 0.5) is 0 Å². The maximum Gasteiger partial charge on any atom is 0.262 e. The molecule has 0 spiro atoms. The summed E-state index contributed by atoms with van der Waals surface area (Å²) in [5.74, 6) is 0. The lowest BCUT2D eigenvalue weighted by Gasteiger charge is -2.17. The smallest absolute Gasteiger partial charge is 0.262 e. The van der Waals surface area contributed by atoms with E-state index >= 15 is 0 Å². The van der Waals surface area contributed by atoms with Gasteiger partial charge in [0.05, 0.1) is 19.0 Å². The second-order valence-electron chi connectivity index (χ2n) is 5.97. The van der Waals surface area contributed by atoms with E-state index in [-0.39, 0.29) is 5.56 Å². The predicted octanol–water partition coefficient (Wildman–Crippen LogP) is 3.55. The topological polar surface area (TPSA) is 34.9 Å². The lowest BCUT2D eigenvalue weighted by Crippen LogP contribution is -2.27. The number of nitrogens with zero attached hydrogens (tertiary/aromatic N) is 2. The third-order valence-corrected chi connectivity index (χ3v) is 7.38. The van der Waals surface area contributed by atoms with Gasteiger partial charge in [-0.25, -0.2) is 4.98 Å². The first-order valence-corrected chi connectivity index (χ1v) is 11.3. The van der Waals surface area contributed by atoms with Gasteiger partial charge in [0.1, 0.15) is 0 Å². The van der Waals surface area contributed by atoms with Gasteiger partial charge in [-0.1, -0.05) is 49.6 Å². The lowest BCUT2D eigenvalue weighted by atomic mass is 10.2.